The molecule has 0 aliphatic heterocycles. The minimum absolute atomic E-state index is 0.0101. The molecule has 3 nitrogen and oxygen atoms in total. The van der Waals surface area contributed by atoms with Crippen molar-refractivity contribution < 1.29 is 14.4 Å². The average molecular weight is 328 g/mol. The largest absolute Gasteiger partial charge is 0.300 e. The lowest BCUT2D eigenvalue weighted by molar-refractivity contribution is -0.142. The van der Waals surface area contributed by atoms with E-state index in [1.165, 1.54) is 0 Å². The maximum atomic E-state index is 12.8. The fourth-order valence-corrected chi connectivity index (χ4v) is 7.09. The molecule has 0 aromatic rings. The van der Waals surface area contributed by atoms with E-state index < -0.39 is 5.41 Å². The third-order valence-corrected chi connectivity index (χ3v) is 8.33. The summed E-state index contributed by atoms with van der Waals surface area (Å²) < 4.78 is 0. The third-order valence-electron chi connectivity index (χ3n) is 8.33. The molecule has 130 valence electrons. The minimum atomic E-state index is -0.424. The second-order valence-corrected chi connectivity index (χ2v) is 9.14. The number of fused-ring (bicyclic) bond motifs is 5. The summed E-state index contributed by atoms with van der Waals surface area (Å²) in [4.78, 5) is 36.8. The van der Waals surface area contributed by atoms with Crippen LogP contribution in [-0.4, -0.2) is 17.3 Å². The Morgan fingerprint density at radius 1 is 1.08 bits per heavy atom. The molecule has 4 rings (SSSR count). The highest BCUT2D eigenvalue weighted by Crippen LogP contribution is 2.66. The summed E-state index contributed by atoms with van der Waals surface area (Å²) in [6.45, 7) is 6.18. The summed E-state index contributed by atoms with van der Waals surface area (Å²) in [5.74, 6) is 2.15. The molecule has 0 amide bonds. The normalized spacial score (nSPS) is 47.5. The number of hydrogen-bond donors (Lipinski definition) is 0. The highest BCUT2D eigenvalue weighted by atomic mass is 16.2. The van der Waals surface area contributed by atoms with Crippen LogP contribution in [0.3, 0.4) is 0 Å². The first-order valence-corrected chi connectivity index (χ1v) is 9.56. The van der Waals surface area contributed by atoms with E-state index in [2.05, 4.69) is 13.8 Å². The Bertz CT molecular complexity index is 660. The van der Waals surface area contributed by atoms with E-state index in [9.17, 15) is 14.4 Å². The zero-order valence-corrected chi connectivity index (χ0v) is 15.1. The van der Waals surface area contributed by atoms with Gasteiger partial charge in [0.25, 0.3) is 0 Å². The van der Waals surface area contributed by atoms with Gasteiger partial charge in [0, 0.05) is 5.92 Å². The molecule has 24 heavy (non-hydrogen) atoms. The Balaban J connectivity index is 1.71. The zero-order chi connectivity index (χ0) is 17.3. The van der Waals surface area contributed by atoms with Crippen molar-refractivity contribution in [1.82, 2.24) is 0 Å². The summed E-state index contributed by atoms with van der Waals surface area (Å²) in [5.41, 5.74) is 0.791. The van der Waals surface area contributed by atoms with Crippen molar-refractivity contribution in [3.8, 4) is 0 Å². The van der Waals surface area contributed by atoms with Crippen LogP contribution in [0.2, 0.25) is 0 Å². The Morgan fingerprint density at radius 2 is 1.83 bits per heavy atom. The van der Waals surface area contributed by atoms with Gasteiger partial charge in [-0.1, -0.05) is 12.5 Å². The molecular formula is C21H28O3. The van der Waals surface area contributed by atoms with Gasteiger partial charge in [-0.05, 0) is 81.6 Å². The minimum Gasteiger partial charge on any atom is -0.300 e. The van der Waals surface area contributed by atoms with E-state index in [1.54, 1.807) is 13.0 Å². The molecule has 0 aromatic heterocycles. The second kappa shape index (κ2) is 5.12. The zero-order valence-electron chi connectivity index (χ0n) is 15.1. The van der Waals surface area contributed by atoms with Gasteiger partial charge in [0.1, 0.15) is 5.78 Å². The van der Waals surface area contributed by atoms with Gasteiger partial charge in [-0.3, -0.25) is 14.4 Å². The van der Waals surface area contributed by atoms with E-state index >= 15 is 0 Å². The first kappa shape index (κ1) is 16.2. The number of Topliss-reactive ketones (excluding diaryl/α,β-unsaturated/α-hetero) is 2. The molecule has 4 aliphatic carbocycles. The topological polar surface area (TPSA) is 51.2 Å². The molecule has 3 heteroatoms. The van der Waals surface area contributed by atoms with Gasteiger partial charge in [-0.2, -0.15) is 0 Å². The van der Waals surface area contributed by atoms with Crippen LogP contribution in [0.4, 0.5) is 0 Å². The standard InChI is InChI=1S/C21H28O3/c1-12(22)16-6-7-17-15-5-4-13-10-14(23)11-19(24)21(13,3)18(15)8-9-20(16,17)2/h10,15-18H,4-9,11H2,1-3H3/t15?,16-,17?,18?,20-,21+/m1/s1. The molecule has 0 radical (unpaired) electrons. The van der Waals surface area contributed by atoms with Crippen molar-refractivity contribution in [2.24, 2.45) is 34.5 Å². The highest BCUT2D eigenvalue weighted by molar-refractivity contribution is 6.11. The summed E-state index contributed by atoms with van der Waals surface area (Å²) in [5, 5.41) is 0. The van der Waals surface area contributed by atoms with Crippen LogP contribution < -0.4 is 0 Å². The van der Waals surface area contributed by atoms with Crippen molar-refractivity contribution >= 4 is 17.3 Å². The van der Waals surface area contributed by atoms with Crippen LogP contribution >= 0.6 is 0 Å². The Kier molecular flexibility index (Phi) is 3.47. The van der Waals surface area contributed by atoms with Gasteiger partial charge in [-0.25, -0.2) is 0 Å². The molecule has 0 heterocycles. The van der Waals surface area contributed by atoms with Gasteiger partial charge in [0.2, 0.25) is 0 Å². The lowest BCUT2D eigenvalue weighted by Crippen LogP contribution is -2.54. The van der Waals surface area contributed by atoms with Gasteiger partial charge in [-0.15, -0.1) is 0 Å². The van der Waals surface area contributed by atoms with E-state index in [1.807, 2.05) is 0 Å². The number of carbonyl (C=O) groups excluding carboxylic acids is 3. The molecule has 6 atom stereocenters. The van der Waals surface area contributed by atoms with E-state index in [4.69, 9.17) is 0 Å². The molecular weight excluding hydrogens is 300 g/mol. The number of carbonyl (C=O) groups is 3. The smallest absolute Gasteiger partial charge is 0.163 e. The summed E-state index contributed by atoms with van der Waals surface area (Å²) >= 11 is 0. The van der Waals surface area contributed by atoms with E-state index in [-0.39, 0.29) is 29.3 Å². The Labute approximate surface area is 144 Å². The van der Waals surface area contributed by atoms with Crippen LogP contribution in [0.25, 0.3) is 0 Å². The maximum Gasteiger partial charge on any atom is 0.163 e. The number of ketones is 3. The lowest BCUT2D eigenvalue weighted by atomic mass is 9.46. The molecule has 0 bridgehead atoms. The second-order valence-electron chi connectivity index (χ2n) is 9.14. The number of hydrogen-bond acceptors (Lipinski definition) is 3. The Hall–Kier alpha value is -1.25. The van der Waals surface area contributed by atoms with Crippen LogP contribution in [0, 0.1) is 34.5 Å². The highest BCUT2D eigenvalue weighted by Gasteiger charge is 2.61. The molecule has 0 aromatic carbocycles. The molecule has 0 spiro atoms. The average Bonchev–Trinajstić information content (AvgIpc) is 2.86. The van der Waals surface area contributed by atoms with Crippen LogP contribution in [0.5, 0.6) is 0 Å². The number of allylic oxidation sites excluding steroid dienone is 1. The third kappa shape index (κ3) is 1.93. The van der Waals surface area contributed by atoms with Crippen molar-refractivity contribution in [2.45, 2.75) is 65.7 Å². The quantitative estimate of drug-likeness (QED) is 0.686. The predicted octanol–water partition coefficient (Wildman–Crippen LogP) is 3.90. The van der Waals surface area contributed by atoms with Crippen molar-refractivity contribution in [3.63, 3.8) is 0 Å². The van der Waals surface area contributed by atoms with Crippen molar-refractivity contribution in [1.29, 1.82) is 0 Å². The summed E-state index contributed by atoms with van der Waals surface area (Å²) in [6, 6.07) is 0. The van der Waals surface area contributed by atoms with E-state index in [0.29, 0.717) is 23.5 Å². The van der Waals surface area contributed by atoms with Crippen molar-refractivity contribution in [2.75, 3.05) is 0 Å². The molecule has 3 fully saturated rings. The van der Waals surface area contributed by atoms with Gasteiger partial charge < -0.3 is 0 Å². The van der Waals surface area contributed by atoms with Crippen LogP contribution in [0.15, 0.2) is 11.6 Å². The predicted molar refractivity (Wildman–Crippen MR) is 91.3 cm³/mol. The van der Waals surface area contributed by atoms with E-state index in [0.717, 1.165) is 44.1 Å². The van der Waals surface area contributed by atoms with Gasteiger partial charge in [0.15, 0.2) is 11.6 Å². The summed E-state index contributed by atoms with van der Waals surface area (Å²) in [6.07, 6.45) is 8.04. The maximum absolute atomic E-state index is 12.8. The Morgan fingerprint density at radius 3 is 2.54 bits per heavy atom. The van der Waals surface area contributed by atoms with Crippen molar-refractivity contribution in [3.05, 3.63) is 11.6 Å². The summed E-state index contributed by atoms with van der Waals surface area (Å²) in [7, 11) is 0. The molecule has 0 saturated heterocycles. The molecule has 0 N–H and O–H groups in total. The van der Waals surface area contributed by atoms with Crippen LogP contribution in [0.1, 0.15) is 65.7 Å². The SMILES string of the molecule is CC(=O)[C@H]1CCC2C3CCC4=CC(=O)CC(=O)[C@]4(C)C3CC[C@@]21C. The molecule has 3 saturated carbocycles. The van der Waals surface area contributed by atoms with Crippen LogP contribution in [-0.2, 0) is 14.4 Å². The van der Waals surface area contributed by atoms with Gasteiger partial charge in [0.05, 0.1) is 11.8 Å². The molecule has 3 unspecified atom stereocenters. The monoisotopic (exact) mass is 328 g/mol. The fraction of sp³-hybridized carbons (Fsp3) is 0.762. The first-order chi connectivity index (χ1) is 11.3. The lowest BCUT2D eigenvalue weighted by Gasteiger charge is -2.57. The first-order valence-electron chi connectivity index (χ1n) is 9.56. The number of rotatable bonds is 1. The molecule has 4 aliphatic rings. The van der Waals surface area contributed by atoms with Gasteiger partial charge >= 0.3 is 0 Å². The fourth-order valence-electron chi connectivity index (χ4n) is 7.09.